The SMILES string of the molecule is CC1c2cn[nH]c2-c2c(F)cccc2N1S(=O)(=O)c1ccc(Cl)cc1. The van der Waals surface area contributed by atoms with Crippen molar-refractivity contribution in [3.63, 3.8) is 0 Å². The van der Waals surface area contributed by atoms with Crippen molar-refractivity contribution < 1.29 is 12.8 Å². The van der Waals surface area contributed by atoms with Gasteiger partial charge in [0.25, 0.3) is 10.0 Å². The molecule has 2 heterocycles. The highest BCUT2D eigenvalue weighted by molar-refractivity contribution is 7.92. The van der Waals surface area contributed by atoms with Crippen molar-refractivity contribution in [2.24, 2.45) is 0 Å². The molecule has 2 aromatic carbocycles. The van der Waals surface area contributed by atoms with Gasteiger partial charge in [0.15, 0.2) is 0 Å². The third-order valence-corrected chi connectivity index (χ3v) is 6.47. The van der Waals surface area contributed by atoms with Crippen LogP contribution in [0.2, 0.25) is 5.02 Å². The van der Waals surface area contributed by atoms with Gasteiger partial charge in [-0.1, -0.05) is 17.7 Å². The highest BCUT2D eigenvalue weighted by Gasteiger charge is 2.39. The number of halogens is 2. The van der Waals surface area contributed by atoms with Crippen LogP contribution in [0.4, 0.5) is 10.1 Å². The number of anilines is 1. The summed E-state index contributed by atoms with van der Waals surface area (Å²) in [7, 11) is -3.91. The normalized spacial score (nSPS) is 16.4. The highest BCUT2D eigenvalue weighted by Crippen LogP contribution is 2.47. The predicted molar refractivity (Wildman–Crippen MR) is 93.5 cm³/mol. The Bertz CT molecular complexity index is 1060. The molecule has 0 radical (unpaired) electrons. The average Bonchev–Trinajstić information content (AvgIpc) is 3.05. The molecule has 1 atom stereocenters. The smallest absolute Gasteiger partial charge is 0.264 e. The monoisotopic (exact) mass is 377 g/mol. The van der Waals surface area contributed by atoms with Crippen LogP contribution in [0.15, 0.2) is 53.6 Å². The van der Waals surface area contributed by atoms with Crippen molar-refractivity contribution in [3.05, 3.63) is 65.1 Å². The molecule has 1 aliphatic rings. The number of sulfonamides is 1. The molecule has 5 nitrogen and oxygen atoms in total. The average molecular weight is 378 g/mol. The van der Waals surface area contributed by atoms with Crippen LogP contribution in [0.3, 0.4) is 0 Å². The fraction of sp³-hybridized carbons (Fsp3) is 0.118. The summed E-state index contributed by atoms with van der Waals surface area (Å²) in [5.74, 6) is -0.508. The Balaban J connectivity index is 1.97. The third-order valence-electron chi connectivity index (χ3n) is 4.32. The van der Waals surface area contributed by atoms with E-state index in [2.05, 4.69) is 10.2 Å². The topological polar surface area (TPSA) is 66.1 Å². The number of hydrogen-bond acceptors (Lipinski definition) is 3. The lowest BCUT2D eigenvalue weighted by molar-refractivity contribution is 0.581. The van der Waals surface area contributed by atoms with Crippen molar-refractivity contribution in [1.29, 1.82) is 0 Å². The summed E-state index contributed by atoms with van der Waals surface area (Å²) >= 11 is 5.86. The van der Waals surface area contributed by atoms with Gasteiger partial charge in [0.05, 0.1) is 34.1 Å². The van der Waals surface area contributed by atoms with E-state index in [-0.39, 0.29) is 16.1 Å². The zero-order valence-corrected chi connectivity index (χ0v) is 14.6. The van der Waals surface area contributed by atoms with E-state index in [1.165, 1.54) is 46.9 Å². The maximum Gasteiger partial charge on any atom is 0.264 e. The number of hydrogen-bond donors (Lipinski definition) is 1. The Labute approximate surface area is 149 Å². The van der Waals surface area contributed by atoms with E-state index >= 15 is 0 Å². The molecular formula is C17H13ClFN3O2S. The maximum atomic E-state index is 14.5. The Morgan fingerprint density at radius 1 is 1.20 bits per heavy atom. The van der Waals surface area contributed by atoms with Gasteiger partial charge < -0.3 is 0 Å². The molecular weight excluding hydrogens is 365 g/mol. The van der Waals surface area contributed by atoms with Gasteiger partial charge in [-0.25, -0.2) is 12.8 Å². The first kappa shape index (κ1) is 16.1. The summed E-state index contributed by atoms with van der Waals surface area (Å²) in [5.41, 5.74) is 1.60. The minimum atomic E-state index is -3.91. The summed E-state index contributed by atoms with van der Waals surface area (Å²) in [6.07, 6.45) is 1.53. The van der Waals surface area contributed by atoms with E-state index in [9.17, 15) is 12.8 Å². The van der Waals surface area contributed by atoms with E-state index in [4.69, 9.17) is 11.6 Å². The van der Waals surface area contributed by atoms with E-state index < -0.39 is 21.9 Å². The van der Waals surface area contributed by atoms with Gasteiger partial charge in [-0.05, 0) is 43.3 Å². The predicted octanol–water partition coefficient (Wildman–Crippen LogP) is 4.14. The van der Waals surface area contributed by atoms with Crippen molar-refractivity contribution in [3.8, 4) is 11.3 Å². The molecule has 0 amide bonds. The summed E-state index contributed by atoms with van der Waals surface area (Å²) < 4.78 is 42.2. The molecule has 0 fully saturated rings. The van der Waals surface area contributed by atoms with Gasteiger partial charge in [-0.2, -0.15) is 5.10 Å². The molecule has 3 aromatic rings. The van der Waals surface area contributed by atoms with Gasteiger partial charge in [0.2, 0.25) is 0 Å². The molecule has 128 valence electrons. The largest absolute Gasteiger partial charge is 0.277 e. The minimum Gasteiger partial charge on any atom is -0.277 e. The number of H-pyrrole nitrogens is 1. The van der Waals surface area contributed by atoms with Crippen LogP contribution >= 0.6 is 11.6 Å². The van der Waals surface area contributed by atoms with E-state index in [1.807, 2.05) is 0 Å². The second kappa shape index (κ2) is 5.57. The molecule has 1 unspecified atom stereocenters. The lowest BCUT2D eigenvalue weighted by Gasteiger charge is -2.35. The van der Waals surface area contributed by atoms with Crippen LogP contribution in [-0.2, 0) is 10.0 Å². The van der Waals surface area contributed by atoms with Gasteiger partial charge in [0.1, 0.15) is 5.82 Å². The zero-order valence-electron chi connectivity index (χ0n) is 13.1. The first-order valence-corrected chi connectivity index (χ1v) is 9.35. The highest BCUT2D eigenvalue weighted by atomic mass is 35.5. The zero-order chi connectivity index (χ0) is 17.8. The number of nitrogens with zero attached hydrogens (tertiary/aromatic N) is 2. The van der Waals surface area contributed by atoms with E-state index in [1.54, 1.807) is 13.0 Å². The Hall–Kier alpha value is -2.38. The van der Waals surface area contributed by atoms with Crippen LogP contribution in [0, 0.1) is 5.82 Å². The lowest BCUT2D eigenvalue weighted by atomic mass is 9.96. The standard InChI is InChI=1S/C17H13ClFN3O2S/c1-10-13-9-20-21-17(13)16-14(19)3-2-4-15(16)22(10)25(23,24)12-7-5-11(18)6-8-12/h2-10H,1H3,(H,20,21). The van der Waals surface area contributed by atoms with Gasteiger partial charge in [0, 0.05) is 10.6 Å². The molecule has 4 rings (SSSR count). The summed E-state index contributed by atoms with van der Waals surface area (Å²) in [6.45, 7) is 1.75. The molecule has 0 bridgehead atoms. The van der Waals surface area contributed by atoms with Crippen molar-refractivity contribution in [2.75, 3.05) is 4.31 Å². The molecule has 8 heteroatoms. The summed E-state index contributed by atoms with van der Waals surface area (Å²) in [6, 6.07) is 9.74. The number of aromatic nitrogens is 2. The van der Waals surface area contributed by atoms with Gasteiger partial charge in [-0.3, -0.25) is 9.40 Å². The molecule has 0 aliphatic carbocycles. The fourth-order valence-corrected chi connectivity index (χ4v) is 4.92. The van der Waals surface area contributed by atoms with Crippen LogP contribution in [0.5, 0.6) is 0 Å². The second-order valence-electron chi connectivity index (χ2n) is 5.77. The summed E-state index contributed by atoms with van der Waals surface area (Å²) in [5, 5.41) is 7.18. The first-order chi connectivity index (χ1) is 11.9. The van der Waals surface area contributed by atoms with Crippen LogP contribution in [-0.4, -0.2) is 18.6 Å². The number of rotatable bonds is 2. The summed E-state index contributed by atoms with van der Waals surface area (Å²) in [4.78, 5) is 0.0888. The van der Waals surface area contributed by atoms with Crippen molar-refractivity contribution >= 4 is 27.3 Å². The van der Waals surface area contributed by atoms with Crippen LogP contribution in [0.25, 0.3) is 11.3 Å². The molecule has 0 saturated heterocycles. The molecule has 0 spiro atoms. The second-order valence-corrected chi connectivity index (χ2v) is 8.02. The fourth-order valence-electron chi connectivity index (χ4n) is 3.15. The Morgan fingerprint density at radius 3 is 2.64 bits per heavy atom. The van der Waals surface area contributed by atoms with E-state index in [0.717, 1.165) is 0 Å². The molecule has 1 aromatic heterocycles. The van der Waals surface area contributed by atoms with Crippen LogP contribution in [0.1, 0.15) is 18.5 Å². The molecule has 0 saturated carbocycles. The molecule has 1 N–H and O–H groups in total. The van der Waals surface area contributed by atoms with Crippen LogP contribution < -0.4 is 4.31 Å². The minimum absolute atomic E-state index is 0.0888. The lowest BCUT2D eigenvalue weighted by Crippen LogP contribution is -2.36. The Morgan fingerprint density at radius 2 is 1.92 bits per heavy atom. The first-order valence-electron chi connectivity index (χ1n) is 7.53. The van der Waals surface area contributed by atoms with Gasteiger partial charge in [-0.15, -0.1) is 0 Å². The molecule has 25 heavy (non-hydrogen) atoms. The number of aromatic amines is 1. The Kier molecular flexibility index (Phi) is 3.59. The van der Waals surface area contributed by atoms with E-state index in [0.29, 0.717) is 16.3 Å². The number of benzene rings is 2. The molecule has 1 aliphatic heterocycles. The van der Waals surface area contributed by atoms with Gasteiger partial charge >= 0.3 is 0 Å². The third kappa shape index (κ3) is 2.34. The van der Waals surface area contributed by atoms with Crippen molar-refractivity contribution in [2.45, 2.75) is 17.9 Å². The number of nitrogens with one attached hydrogen (secondary N) is 1. The maximum absolute atomic E-state index is 14.5. The van der Waals surface area contributed by atoms with Crippen molar-refractivity contribution in [1.82, 2.24) is 10.2 Å². The quantitative estimate of drug-likeness (QED) is 0.729. The number of fused-ring (bicyclic) bond motifs is 3.